The number of hydrogen-bond acceptors (Lipinski definition) is 0. The predicted molar refractivity (Wildman–Crippen MR) is 110 cm³/mol. The molecule has 0 aliphatic heterocycles. The molecule has 0 spiro atoms. The standard InChI is InChI=1S/C22H17.3CH3.Zr/c1-14-11-16-7-4-9-18(20(16)12-14)21-13-17-8-2-5-15-6-3-10-19(21)22(15)17;;;;/h2-12,21H,13H2,1H3;3*1H3;. The van der Waals surface area contributed by atoms with Crippen LogP contribution in [0.4, 0.5) is 0 Å². The van der Waals surface area contributed by atoms with E-state index < -0.39 is 20.3 Å². The molecule has 3 aromatic rings. The van der Waals surface area contributed by atoms with Gasteiger partial charge in [-0.05, 0) is 0 Å². The van der Waals surface area contributed by atoms with Crippen LogP contribution in [0.15, 0.2) is 60.2 Å². The molecule has 0 radical (unpaired) electrons. The fourth-order valence-corrected chi connectivity index (χ4v) is 12.0. The number of benzene rings is 3. The molecule has 0 fully saturated rings. The van der Waals surface area contributed by atoms with Crippen molar-refractivity contribution in [2.24, 2.45) is 0 Å². The van der Waals surface area contributed by atoms with Gasteiger partial charge in [0.2, 0.25) is 0 Å². The van der Waals surface area contributed by atoms with Crippen molar-refractivity contribution in [2.45, 2.75) is 36.8 Å². The van der Waals surface area contributed by atoms with Crippen molar-refractivity contribution < 1.29 is 20.3 Å². The van der Waals surface area contributed by atoms with E-state index in [2.05, 4.69) is 81.5 Å². The fraction of sp³-hybridized carbons (Fsp3) is 0.280. The molecule has 130 valence electrons. The zero-order valence-corrected chi connectivity index (χ0v) is 18.6. The molecule has 1 heteroatoms. The summed E-state index contributed by atoms with van der Waals surface area (Å²) in [5, 5.41) is 2.90. The van der Waals surface area contributed by atoms with Crippen LogP contribution in [-0.2, 0) is 26.7 Å². The van der Waals surface area contributed by atoms with Gasteiger partial charge in [0.25, 0.3) is 0 Å². The maximum absolute atomic E-state index is 2.57. The van der Waals surface area contributed by atoms with Crippen molar-refractivity contribution in [3.05, 3.63) is 88.0 Å². The fourth-order valence-electron chi connectivity index (χ4n) is 5.55. The molecule has 0 amide bonds. The van der Waals surface area contributed by atoms with Crippen molar-refractivity contribution in [1.29, 1.82) is 0 Å². The summed E-state index contributed by atoms with van der Waals surface area (Å²) in [4.78, 5) is 0. The summed E-state index contributed by atoms with van der Waals surface area (Å²) in [6, 6.07) is 20.8. The van der Waals surface area contributed by atoms with E-state index in [1.165, 1.54) is 27.5 Å². The van der Waals surface area contributed by atoms with E-state index in [0.29, 0.717) is 5.92 Å². The van der Waals surface area contributed by atoms with Gasteiger partial charge in [-0.15, -0.1) is 0 Å². The van der Waals surface area contributed by atoms with Crippen LogP contribution in [0.2, 0.25) is 13.9 Å². The first-order valence-corrected chi connectivity index (χ1v) is 18.6. The normalized spacial score (nSPS) is 21.2. The van der Waals surface area contributed by atoms with E-state index >= 15 is 0 Å². The van der Waals surface area contributed by atoms with Gasteiger partial charge >= 0.3 is 162 Å². The van der Waals surface area contributed by atoms with Crippen LogP contribution in [0.25, 0.3) is 16.8 Å². The zero-order chi connectivity index (χ0) is 18.1. The van der Waals surface area contributed by atoms with Crippen molar-refractivity contribution in [3.63, 3.8) is 0 Å². The number of allylic oxidation sites excluding steroid dienone is 1. The van der Waals surface area contributed by atoms with Gasteiger partial charge in [0, 0.05) is 0 Å². The second-order valence-corrected chi connectivity index (χ2v) is 22.2. The predicted octanol–water partition coefficient (Wildman–Crippen LogP) is 7.28. The molecule has 3 aromatic carbocycles. The third-order valence-electron chi connectivity index (χ3n) is 6.38. The van der Waals surface area contributed by atoms with E-state index in [1.807, 2.05) is 0 Å². The third-order valence-corrected chi connectivity index (χ3v) is 12.5. The second kappa shape index (κ2) is 5.77. The first-order valence-electron chi connectivity index (χ1n) is 9.76. The van der Waals surface area contributed by atoms with Crippen molar-refractivity contribution in [2.75, 3.05) is 0 Å². The second-order valence-electron chi connectivity index (χ2n) is 9.16. The Morgan fingerprint density at radius 3 is 2.23 bits per heavy atom. The number of fused-ring (bicyclic) bond motifs is 1. The van der Waals surface area contributed by atoms with Gasteiger partial charge in [-0.2, -0.15) is 0 Å². The Balaban J connectivity index is 1.70. The Kier molecular flexibility index (Phi) is 3.70. The summed E-state index contributed by atoms with van der Waals surface area (Å²) in [6.07, 6.45) is 3.66. The molecule has 2 unspecified atom stereocenters. The molecule has 2 aliphatic carbocycles. The summed E-state index contributed by atoms with van der Waals surface area (Å²) >= 11 is -2.07. The first-order chi connectivity index (χ1) is 12.4. The van der Waals surface area contributed by atoms with E-state index in [1.54, 1.807) is 16.7 Å². The van der Waals surface area contributed by atoms with E-state index in [9.17, 15) is 0 Å². The average Bonchev–Trinajstić information content (AvgIpc) is 3.13. The molecule has 2 atom stereocenters. The van der Waals surface area contributed by atoms with Gasteiger partial charge in [-0.3, -0.25) is 0 Å². The Morgan fingerprint density at radius 2 is 1.46 bits per heavy atom. The minimum atomic E-state index is -2.07. The summed E-state index contributed by atoms with van der Waals surface area (Å²) in [6.45, 7) is 2.36. The molecule has 2 aliphatic rings. The molecular weight excluding hydrogens is 391 g/mol. The van der Waals surface area contributed by atoms with Crippen LogP contribution < -0.4 is 0 Å². The Labute approximate surface area is 161 Å². The Bertz CT molecular complexity index is 1060. The zero-order valence-electron chi connectivity index (χ0n) is 16.1. The van der Waals surface area contributed by atoms with E-state index in [4.69, 9.17) is 0 Å². The summed E-state index contributed by atoms with van der Waals surface area (Å²) in [7, 11) is 0. The van der Waals surface area contributed by atoms with Gasteiger partial charge in [-0.25, -0.2) is 0 Å². The summed E-state index contributed by atoms with van der Waals surface area (Å²) < 4.78 is 8.46. The van der Waals surface area contributed by atoms with Crippen molar-refractivity contribution >= 4 is 16.8 Å². The van der Waals surface area contributed by atoms with Crippen molar-refractivity contribution in [3.8, 4) is 0 Å². The minimum absolute atomic E-state index is 0.504. The van der Waals surface area contributed by atoms with Crippen LogP contribution in [0.3, 0.4) is 0 Å². The quantitative estimate of drug-likeness (QED) is 0.411. The van der Waals surface area contributed by atoms with Crippen LogP contribution >= 0.6 is 0 Å². The SMILES string of the molecule is CC1=Cc2c(C3Cc4cccc5cccc3c45)cccc2[CH]1[Zr]([CH3])([CH3])[CH3]. The van der Waals surface area contributed by atoms with E-state index in [-0.39, 0.29) is 0 Å². The molecule has 0 saturated carbocycles. The monoisotopic (exact) mass is 416 g/mol. The maximum atomic E-state index is 2.57. The summed E-state index contributed by atoms with van der Waals surface area (Å²) in [5.74, 6) is 0.504. The third kappa shape index (κ3) is 2.36. The molecule has 0 saturated heterocycles. The molecule has 0 N–H and O–H groups in total. The Morgan fingerprint density at radius 1 is 0.808 bits per heavy atom. The van der Waals surface area contributed by atoms with Crippen LogP contribution in [0.1, 0.15) is 44.3 Å². The molecule has 0 nitrogen and oxygen atoms in total. The molecular formula is C25H26Zr. The van der Waals surface area contributed by atoms with Gasteiger partial charge < -0.3 is 0 Å². The topological polar surface area (TPSA) is 0 Å². The number of rotatable bonds is 2. The van der Waals surface area contributed by atoms with Crippen LogP contribution in [0.5, 0.6) is 0 Å². The Hall–Kier alpha value is -1.46. The summed E-state index contributed by atoms with van der Waals surface area (Å²) in [5.41, 5.74) is 9.35. The molecule has 5 rings (SSSR count). The van der Waals surface area contributed by atoms with Crippen molar-refractivity contribution in [1.82, 2.24) is 0 Å². The van der Waals surface area contributed by atoms with E-state index in [0.717, 1.165) is 10.0 Å². The van der Waals surface area contributed by atoms with Crippen LogP contribution in [0, 0.1) is 0 Å². The van der Waals surface area contributed by atoms with Gasteiger partial charge in [-0.1, -0.05) is 0 Å². The van der Waals surface area contributed by atoms with Gasteiger partial charge in [0.05, 0.1) is 0 Å². The number of hydrogen-bond donors (Lipinski definition) is 0. The molecule has 26 heavy (non-hydrogen) atoms. The van der Waals surface area contributed by atoms with Crippen LogP contribution in [-0.4, -0.2) is 0 Å². The first kappa shape index (κ1) is 16.7. The molecule has 0 bridgehead atoms. The van der Waals surface area contributed by atoms with Gasteiger partial charge in [0.1, 0.15) is 0 Å². The van der Waals surface area contributed by atoms with Gasteiger partial charge in [0.15, 0.2) is 0 Å². The average molecular weight is 418 g/mol. The molecule has 0 aromatic heterocycles. The molecule has 0 heterocycles.